The number of carbonyl (C=O) groups is 2. The molecular weight excluding hydrogens is 446 g/mol. The summed E-state index contributed by atoms with van der Waals surface area (Å²) in [4.78, 5) is 30.5. The third kappa shape index (κ3) is 4.94. The molecule has 0 unspecified atom stereocenters. The first-order chi connectivity index (χ1) is 15.7. The normalized spacial score (nSPS) is 14.3. The van der Waals surface area contributed by atoms with Crippen LogP contribution in [0.25, 0.3) is 17.1 Å². The van der Waals surface area contributed by atoms with E-state index in [1.165, 1.54) is 33.8 Å². The quantitative estimate of drug-likeness (QED) is 0.538. The molecule has 1 fully saturated rings. The van der Waals surface area contributed by atoms with Gasteiger partial charge in [-0.05, 0) is 37.1 Å². The van der Waals surface area contributed by atoms with Gasteiger partial charge in [0.25, 0.3) is 5.91 Å². The first kappa shape index (κ1) is 22.6. The molecule has 3 N–H and O–H groups in total. The average Bonchev–Trinajstić information content (AvgIpc) is 3.47. The Labute approximate surface area is 190 Å². The summed E-state index contributed by atoms with van der Waals surface area (Å²) in [5.41, 5.74) is 1.16. The van der Waals surface area contributed by atoms with Crippen molar-refractivity contribution in [3.63, 3.8) is 0 Å². The van der Waals surface area contributed by atoms with E-state index in [0.29, 0.717) is 17.1 Å². The van der Waals surface area contributed by atoms with E-state index in [1.807, 2.05) is 18.2 Å². The smallest absolute Gasteiger partial charge is 0.323 e. The number of nitrogens with zero attached hydrogens (tertiary/aromatic N) is 4. The van der Waals surface area contributed by atoms with Gasteiger partial charge in [0.15, 0.2) is 5.82 Å². The number of amides is 1. The SMILES string of the molecule is NS(=O)(=O)c1ccc(-n2nc(C(=O)N(CC(=O)O)C3CCCC3)nc2-c2ccccc2)cc1. The van der Waals surface area contributed by atoms with Gasteiger partial charge < -0.3 is 10.0 Å². The van der Waals surface area contributed by atoms with Crippen molar-refractivity contribution in [1.82, 2.24) is 19.7 Å². The second-order valence-electron chi connectivity index (χ2n) is 7.84. The lowest BCUT2D eigenvalue weighted by Gasteiger charge is -2.26. The van der Waals surface area contributed by atoms with Gasteiger partial charge in [0.05, 0.1) is 10.6 Å². The molecule has 4 rings (SSSR count). The minimum Gasteiger partial charge on any atom is -0.480 e. The van der Waals surface area contributed by atoms with E-state index < -0.39 is 28.4 Å². The molecule has 0 bridgehead atoms. The van der Waals surface area contributed by atoms with E-state index in [9.17, 15) is 23.1 Å². The van der Waals surface area contributed by atoms with Crippen LogP contribution in [-0.4, -0.2) is 57.7 Å². The van der Waals surface area contributed by atoms with Gasteiger partial charge in [0.1, 0.15) is 6.54 Å². The fourth-order valence-corrected chi connectivity index (χ4v) is 4.51. The molecule has 0 radical (unpaired) electrons. The van der Waals surface area contributed by atoms with Crippen LogP contribution in [0.1, 0.15) is 36.3 Å². The molecule has 0 spiro atoms. The van der Waals surface area contributed by atoms with Crippen molar-refractivity contribution >= 4 is 21.9 Å². The van der Waals surface area contributed by atoms with Gasteiger partial charge in [0, 0.05) is 11.6 Å². The van der Waals surface area contributed by atoms with E-state index >= 15 is 0 Å². The zero-order valence-electron chi connectivity index (χ0n) is 17.7. The van der Waals surface area contributed by atoms with Gasteiger partial charge in [-0.1, -0.05) is 43.2 Å². The van der Waals surface area contributed by atoms with Gasteiger partial charge in [0.2, 0.25) is 15.8 Å². The Morgan fingerprint density at radius 3 is 2.27 bits per heavy atom. The molecule has 1 heterocycles. The number of carbonyl (C=O) groups excluding carboxylic acids is 1. The van der Waals surface area contributed by atoms with E-state index in [1.54, 1.807) is 12.1 Å². The molecule has 1 aliphatic carbocycles. The molecular formula is C22H23N5O5S. The Kier molecular flexibility index (Phi) is 6.25. The molecule has 172 valence electrons. The van der Waals surface area contributed by atoms with Gasteiger partial charge in [-0.3, -0.25) is 9.59 Å². The average molecular weight is 470 g/mol. The zero-order chi connectivity index (χ0) is 23.6. The number of carboxylic acid groups (broad SMARTS) is 1. The summed E-state index contributed by atoms with van der Waals surface area (Å²) >= 11 is 0. The molecule has 11 heteroatoms. The molecule has 0 aliphatic heterocycles. The third-order valence-corrected chi connectivity index (χ3v) is 6.50. The van der Waals surface area contributed by atoms with Crippen molar-refractivity contribution in [3.05, 3.63) is 60.4 Å². The van der Waals surface area contributed by atoms with Crippen LogP contribution in [0.15, 0.2) is 59.5 Å². The maximum atomic E-state index is 13.3. The number of hydrogen-bond donors (Lipinski definition) is 2. The number of rotatable bonds is 7. The summed E-state index contributed by atoms with van der Waals surface area (Å²) in [6.45, 7) is -0.429. The van der Waals surface area contributed by atoms with Crippen LogP contribution in [-0.2, 0) is 14.8 Å². The van der Waals surface area contributed by atoms with Crippen molar-refractivity contribution in [2.24, 2.45) is 5.14 Å². The molecule has 2 aromatic carbocycles. The van der Waals surface area contributed by atoms with Gasteiger partial charge in [-0.2, -0.15) is 0 Å². The summed E-state index contributed by atoms with van der Waals surface area (Å²) in [5.74, 6) is -1.42. The Morgan fingerprint density at radius 2 is 1.70 bits per heavy atom. The van der Waals surface area contributed by atoms with Crippen molar-refractivity contribution in [3.8, 4) is 17.1 Å². The molecule has 1 aliphatic rings. The monoisotopic (exact) mass is 469 g/mol. The topological polar surface area (TPSA) is 148 Å². The lowest BCUT2D eigenvalue weighted by Crippen LogP contribution is -2.42. The van der Waals surface area contributed by atoms with Crippen LogP contribution in [0.5, 0.6) is 0 Å². The van der Waals surface area contributed by atoms with Crippen molar-refractivity contribution in [2.75, 3.05) is 6.54 Å². The molecule has 10 nitrogen and oxygen atoms in total. The van der Waals surface area contributed by atoms with E-state index in [0.717, 1.165) is 25.7 Å². The number of sulfonamides is 1. The number of carboxylic acids is 1. The second-order valence-corrected chi connectivity index (χ2v) is 9.40. The van der Waals surface area contributed by atoms with Crippen LogP contribution in [0.4, 0.5) is 0 Å². The number of benzene rings is 2. The number of aromatic nitrogens is 3. The minimum atomic E-state index is -3.87. The highest BCUT2D eigenvalue weighted by atomic mass is 32.2. The molecule has 1 amide bonds. The van der Waals surface area contributed by atoms with Crippen molar-refractivity contribution < 1.29 is 23.1 Å². The Morgan fingerprint density at radius 1 is 1.06 bits per heavy atom. The number of primary sulfonamides is 1. The Hall–Kier alpha value is -3.57. The fraction of sp³-hybridized carbons (Fsp3) is 0.273. The lowest BCUT2D eigenvalue weighted by atomic mass is 10.2. The van der Waals surface area contributed by atoms with Gasteiger partial charge in [-0.25, -0.2) is 23.2 Å². The van der Waals surface area contributed by atoms with Crippen molar-refractivity contribution in [1.29, 1.82) is 0 Å². The van der Waals surface area contributed by atoms with Crippen LogP contribution >= 0.6 is 0 Å². The van der Waals surface area contributed by atoms with E-state index in [-0.39, 0.29) is 16.8 Å². The first-order valence-corrected chi connectivity index (χ1v) is 12.0. The Bertz CT molecular complexity index is 1270. The highest BCUT2D eigenvalue weighted by molar-refractivity contribution is 7.89. The summed E-state index contributed by atoms with van der Waals surface area (Å²) in [6.07, 6.45) is 3.34. The third-order valence-electron chi connectivity index (χ3n) is 5.57. The maximum Gasteiger partial charge on any atom is 0.323 e. The molecule has 1 aromatic heterocycles. The molecule has 1 saturated carbocycles. The maximum absolute atomic E-state index is 13.3. The summed E-state index contributed by atoms with van der Waals surface area (Å²) in [7, 11) is -3.87. The van der Waals surface area contributed by atoms with Crippen molar-refractivity contribution in [2.45, 2.75) is 36.6 Å². The summed E-state index contributed by atoms with van der Waals surface area (Å²) < 4.78 is 24.6. The number of hydrogen-bond acceptors (Lipinski definition) is 6. The summed E-state index contributed by atoms with van der Waals surface area (Å²) in [6, 6.07) is 14.6. The molecule has 0 atom stereocenters. The predicted octanol–water partition coefficient (Wildman–Crippen LogP) is 2.05. The highest BCUT2D eigenvalue weighted by Gasteiger charge is 2.32. The van der Waals surface area contributed by atoms with Gasteiger partial charge in [-0.15, -0.1) is 5.10 Å². The van der Waals surface area contributed by atoms with Crippen LogP contribution < -0.4 is 5.14 Å². The highest BCUT2D eigenvalue weighted by Crippen LogP contribution is 2.26. The van der Waals surface area contributed by atoms with Crippen LogP contribution in [0, 0.1) is 0 Å². The fourth-order valence-electron chi connectivity index (χ4n) is 3.99. The molecule has 0 saturated heterocycles. The van der Waals surface area contributed by atoms with Crippen LogP contribution in [0.3, 0.4) is 0 Å². The van der Waals surface area contributed by atoms with E-state index in [4.69, 9.17) is 5.14 Å². The summed E-state index contributed by atoms with van der Waals surface area (Å²) in [5, 5.41) is 18.9. The molecule has 33 heavy (non-hydrogen) atoms. The zero-order valence-corrected chi connectivity index (χ0v) is 18.5. The first-order valence-electron chi connectivity index (χ1n) is 10.4. The number of nitrogens with two attached hydrogens (primary N) is 1. The lowest BCUT2D eigenvalue weighted by molar-refractivity contribution is -0.138. The van der Waals surface area contributed by atoms with Gasteiger partial charge >= 0.3 is 5.97 Å². The number of aliphatic carboxylic acids is 1. The van der Waals surface area contributed by atoms with Crippen LogP contribution in [0.2, 0.25) is 0 Å². The minimum absolute atomic E-state index is 0.0576. The standard InChI is InChI=1S/C22H23N5O5S/c23-33(31,32)18-12-10-17(11-13-18)27-21(15-6-2-1-3-7-15)24-20(25-27)22(30)26(14-19(28)29)16-8-4-5-9-16/h1-3,6-7,10-13,16H,4-5,8-9,14H2,(H,28,29)(H2,23,31,32). The second kappa shape index (κ2) is 9.12. The Balaban J connectivity index is 1.78. The predicted molar refractivity (Wildman–Crippen MR) is 119 cm³/mol. The largest absolute Gasteiger partial charge is 0.480 e. The van der Waals surface area contributed by atoms with E-state index in [2.05, 4.69) is 10.1 Å². The molecule has 3 aromatic rings.